The fourth-order valence-corrected chi connectivity index (χ4v) is 3.43. The van der Waals surface area contributed by atoms with E-state index in [2.05, 4.69) is 15.9 Å². The van der Waals surface area contributed by atoms with Crippen LogP contribution in [0.3, 0.4) is 0 Å². The lowest BCUT2D eigenvalue weighted by atomic mass is 10.2. The molecule has 1 heterocycles. The minimum absolute atomic E-state index is 0.0374. The molecule has 1 fully saturated rings. The van der Waals surface area contributed by atoms with Crippen LogP contribution in [-0.2, 0) is 20.9 Å². The van der Waals surface area contributed by atoms with Crippen molar-refractivity contribution < 1.29 is 26.3 Å². The Hall–Kier alpha value is -0.640. The highest BCUT2D eigenvalue weighted by Gasteiger charge is 2.39. The van der Waals surface area contributed by atoms with E-state index in [1.807, 2.05) is 0 Å². The highest BCUT2D eigenvalue weighted by Crippen LogP contribution is 2.36. The molecule has 0 radical (unpaired) electrons. The van der Waals surface area contributed by atoms with Crippen molar-refractivity contribution in [3.05, 3.63) is 28.2 Å². The molecule has 2 rings (SSSR count). The first-order valence-corrected chi connectivity index (χ1v) is 7.80. The Morgan fingerprint density at radius 3 is 2.55 bits per heavy atom. The maximum atomic E-state index is 13.0. The molecule has 4 nitrogen and oxygen atoms in total. The maximum absolute atomic E-state index is 13.0. The van der Waals surface area contributed by atoms with E-state index in [1.165, 1.54) is 13.1 Å². The molecule has 1 aliphatic rings. The highest BCUT2D eigenvalue weighted by atomic mass is 79.9. The predicted octanol–water partition coefficient (Wildman–Crippen LogP) is 2.49. The van der Waals surface area contributed by atoms with Gasteiger partial charge in [-0.25, -0.2) is 8.42 Å². The van der Waals surface area contributed by atoms with E-state index in [4.69, 9.17) is 4.74 Å². The Kier molecular flexibility index (Phi) is 4.16. The van der Waals surface area contributed by atoms with Crippen LogP contribution in [-0.4, -0.2) is 39.0 Å². The lowest BCUT2D eigenvalue weighted by Gasteiger charge is -2.19. The van der Waals surface area contributed by atoms with Crippen LogP contribution >= 0.6 is 15.9 Å². The van der Waals surface area contributed by atoms with E-state index in [-0.39, 0.29) is 17.1 Å². The summed E-state index contributed by atoms with van der Waals surface area (Å²) in [5.74, 6) is 0. The minimum atomic E-state index is -4.75. The van der Waals surface area contributed by atoms with Crippen molar-refractivity contribution in [1.29, 1.82) is 0 Å². The summed E-state index contributed by atoms with van der Waals surface area (Å²) in [6.45, 7) is 0.460. The number of benzene rings is 1. The third kappa shape index (κ3) is 3.33. The molecule has 0 bridgehead atoms. The number of rotatable bonds is 4. The van der Waals surface area contributed by atoms with Crippen LogP contribution in [0.15, 0.2) is 27.6 Å². The second-order valence-electron chi connectivity index (χ2n) is 4.38. The third-order valence-corrected chi connectivity index (χ3v) is 5.17. The van der Waals surface area contributed by atoms with Crippen LogP contribution in [0.2, 0.25) is 0 Å². The summed E-state index contributed by atoms with van der Waals surface area (Å²) in [4.78, 5) is -0.753. The highest BCUT2D eigenvalue weighted by molar-refractivity contribution is 9.10. The van der Waals surface area contributed by atoms with E-state index >= 15 is 0 Å². The molecule has 1 aromatic rings. The first kappa shape index (κ1) is 15.7. The number of nitrogens with zero attached hydrogens (tertiary/aromatic N) is 1. The smallest absolute Gasteiger partial charge is 0.372 e. The molecule has 112 valence electrons. The third-order valence-electron chi connectivity index (χ3n) is 2.80. The van der Waals surface area contributed by atoms with Crippen molar-refractivity contribution in [2.24, 2.45) is 0 Å². The van der Waals surface area contributed by atoms with Crippen LogP contribution in [0.4, 0.5) is 13.2 Å². The number of hydrogen-bond donors (Lipinski definition) is 0. The van der Waals surface area contributed by atoms with Gasteiger partial charge in [-0.3, -0.25) is 0 Å². The van der Waals surface area contributed by atoms with Gasteiger partial charge in [-0.05, 0) is 18.2 Å². The van der Waals surface area contributed by atoms with Crippen LogP contribution in [0.5, 0.6) is 0 Å². The van der Waals surface area contributed by atoms with Gasteiger partial charge in [0.15, 0.2) is 0 Å². The molecular formula is C11H11BrF3NO3S. The summed E-state index contributed by atoms with van der Waals surface area (Å²) in [7, 11) is -2.98. The number of alkyl halides is 3. The second kappa shape index (κ2) is 5.28. The monoisotopic (exact) mass is 373 g/mol. The van der Waals surface area contributed by atoms with E-state index in [9.17, 15) is 21.6 Å². The van der Waals surface area contributed by atoms with Crippen molar-refractivity contribution >= 4 is 26.0 Å². The van der Waals surface area contributed by atoms with Gasteiger partial charge in [0.25, 0.3) is 0 Å². The molecule has 0 saturated carbocycles. The number of halogens is 4. The molecule has 1 saturated heterocycles. The Morgan fingerprint density at radius 1 is 1.45 bits per heavy atom. The molecule has 0 N–H and O–H groups in total. The van der Waals surface area contributed by atoms with E-state index in [0.717, 1.165) is 16.4 Å². The standard InChI is InChI=1S/C11H11BrF3NO3S/c1-16(5-8-6-19-8)20(17,18)10-3-2-7(12)4-9(10)11(13,14)15/h2-4,8H,5-6H2,1H3/t8-/m0/s1. The molecule has 9 heteroatoms. The van der Waals surface area contributed by atoms with Crippen LogP contribution in [0, 0.1) is 0 Å². The normalized spacial score (nSPS) is 19.4. The maximum Gasteiger partial charge on any atom is 0.417 e. The first-order valence-electron chi connectivity index (χ1n) is 5.57. The SMILES string of the molecule is CN(C[C@H]1CO1)S(=O)(=O)c1ccc(Br)cc1C(F)(F)F. The lowest BCUT2D eigenvalue weighted by Crippen LogP contribution is -2.32. The van der Waals surface area contributed by atoms with Gasteiger partial charge in [0, 0.05) is 18.1 Å². The quantitative estimate of drug-likeness (QED) is 0.761. The fourth-order valence-electron chi connectivity index (χ4n) is 1.67. The van der Waals surface area contributed by atoms with Gasteiger partial charge < -0.3 is 4.74 Å². The molecule has 1 aromatic carbocycles. The predicted molar refractivity (Wildman–Crippen MR) is 68.7 cm³/mol. The van der Waals surface area contributed by atoms with E-state index < -0.39 is 26.7 Å². The molecule has 20 heavy (non-hydrogen) atoms. The number of ether oxygens (including phenoxy) is 1. The second-order valence-corrected chi connectivity index (χ2v) is 7.31. The van der Waals surface area contributed by atoms with Crippen molar-refractivity contribution in [3.63, 3.8) is 0 Å². The van der Waals surface area contributed by atoms with Crippen molar-refractivity contribution in [1.82, 2.24) is 4.31 Å². The van der Waals surface area contributed by atoms with Gasteiger partial charge in [0.1, 0.15) is 0 Å². The van der Waals surface area contributed by atoms with Crippen LogP contribution < -0.4 is 0 Å². The average molecular weight is 374 g/mol. The van der Waals surface area contributed by atoms with Crippen molar-refractivity contribution in [2.45, 2.75) is 17.2 Å². The van der Waals surface area contributed by atoms with Crippen molar-refractivity contribution in [2.75, 3.05) is 20.2 Å². The molecule has 1 atom stereocenters. The van der Waals surface area contributed by atoms with Crippen LogP contribution in [0.1, 0.15) is 5.56 Å². The van der Waals surface area contributed by atoms with Gasteiger partial charge >= 0.3 is 6.18 Å². The number of epoxide rings is 1. The number of likely N-dealkylation sites (N-methyl/N-ethyl adjacent to an activating group) is 1. The zero-order valence-electron chi connectivity index (χ0n) is 10.3. The topological polar surface area (TPSA) is 49.9 Å². The summed E-state index contributed by atoms with van der Waals surface area (Å²) in [6, 6.07) is 2.98. The summed E-state index contributed by atoms with van der Waals surface area (Å²) in [5.41, 5.74) is -1.18. The summed E-state index contributed by atoms with van der Waals surface area (Å²) in [6.07, 6.45) is -4.98. The Balaban J connectivity index is 2.45. The molecular weight excluding hydrogens is 363 g/mol. The van der Waals surface area contributed by atoms with E-state index in [1.54, 1.807) is 0 Å². The molecule has 0 unspecified atom stereocenters. The number of sulfonamides is 1. The Morgan fingerprint density at radius 2 is 2.05 bits per heavy atom. The Labute approximate surface area is 122 Å². The van der Waals surface area contributed by atoms with E-state index in [0.29, 0.717) is 6.61 Å². The van der Waals surface area contributed by atoms with Gasteiger partial charge in [-0.2, -0.15) is 17.5 Å². The summed E-state index contributed by atoms with van der Waals surface area (Å²) in [5, 5.41) is 0. The zero-order valence-corrected chi connectivity index (χ0v) is 12.7. The Bertz CT molecular complexity index is 614. The molecule has 0 aliphatic carbocycles. The average Bonchev–Trinajstić information content (AvgIpc) is 3.11. The van der Waals surface area contributed by atoms with Gasteiger partial charge in [0.05, 0.1) is 23.2 Å². The summed E-state index contributed by atoms with van der Waals surface area (Å²) < 4.78 is 69.3. The fraction of sp³-hybridized carbons (Fsp3) is 0.455. The summed E-state index contributed by atoms with van der Waals surface area (Å²) >= 11 is 2.91. The van der Waals surface area contributed by atoms with Gasteiger partial charge in [-0.15, -0.1) is 0 Å². The molecule has 0 aromatic heterocycles. The van der Waals surface area contributed by atoms with Crippen LogP contribution in [0.25, 0.3) is 0 Å². The van der Waals surface area contributed by atoms with Gasteiger partial charge in [-0.1, -0.05) is 15.9 Å². The lowest BCUT2D eigenvalue weighted by molar-refractivity contribution is -0.140. The molecule has 0 amide bonds. The minimum Gasteiger partial charge on any atom is -0.372 e. The van der Waals surface area contributed by atoms with Gasteiger partial charge in [0.2, 0.25) is 10.0 Å². The largest absolute Gasteiger partial charge is 0.417 e. The zero-order chi connectivity index (χ0) is 15.1. The molecule has 1 aliphatic heterocycles. The first-order chi connectivity index (χ1) is 9.12. The number of hydrogen-bond acceptors (Lipinski definition) is 3. The van der Waals surface area contributed by atoms with Crippen molar-refractivity contribution in [3.8, 4) is 0 Å². The molecule has 0 spiro atoms.